The first-order valence-electron chi connectivity index (χ1n) is 6.21. The number of halogens is 2. The maximum absolute atomic E-state index is 13.6. The topological polar surface area (TPSA) is 86.9 Å². The number of aliphatic carboxylic acids is 1. The van der Waals surface area contributed by atoms with Crippen LogP contribution in [0.1, 0.15) is 0 Å². The van der Waals surface area contributed by atoms with Crippen LogP contribution < -0.4 is 4.90 Å². The van der Waals surface area contributed by atoms with Crippen LogP contribution in [0, 0.1) is 15.9 Å². The smallest absolute Gasteiger partial charge is 0.317 e. The Bertz CT molecular complexity index is 576. The van der Waals surface area contributed by atoms with Crippen molar-refractivity contribution in [1.82, 2.24) is 4.90 Å². The van der Waals surface area contributed by atoms with Crippen molar-refractivity contribution in [2.75, 3.05) is 37.6 Å². The lowest BCUT2D eigenvalue weighted by molar-refractivity contribution is -0.384. The summed E-state index contributed by atoms with van der Waals surface area (Å²) >= 11 is 5.58. The third-order valence-corrected chi connectivity index (χ3v) is 3.58. The van der Waals surface area contributed by atoms with Gasteiger partial charge in [0.1, 0.15) is 11.5 Å². The van der Waals surface area contributed by atoms with Crippen molar-refractivity contribution in [1.29, 1.82) is 0 Å². The molecule has 1 N–H and O–H groups in total. The molecule has 0 unspecified atom stereocenters. The van der Waals surface area contributed by atoms with Gasteiger partial charge in [0.25, 0.3) is 5.69 Å². The maximum atomic E-state index is 13.6. The summed E-state index contributed by atoms with van der Waals surface area (Å²) in [6, 6.07) is 2.04. The van der Waals surface area contributed by atoms with Gasteiger partial charge in [0.2, 0.25) is 0 Å². The number of carbonyl (C=O) groups is 1. The Morgan fingerprint density at radius 3 is 2.52 bits per heavy atom. The van der Waals surface area contributed by atoms with Gasteiger partial charge in [-0.15, -0.1) is 0 Å². The number of rotatable bonds is 4. The fourth-order valence-corrected chi connectivity index (χ4v) is 2.42. The Labute approximate surface area is 124 Å². The van der Waals surface area contributed by atoms with Gasteiger partial charge in [-0.25, -0.2) is 4.39 Å². The summed E-state index contributed by atoms with van der Waals surface area (Å²) in [6.45, 7) is 1.57. The van der Waals surface area contributed by atoms with Crippen molar-refractivity contribution in [2.45, 2.75) is 0 Å². The minimum atomic E-state index is -0.924. The fraction of sp³-hybridized carbons (Fsp3) is 0.417. The standard InChI is InChI=1S/C12H13ClFN3O4/c13-8-5-11(17(20)21)10(6-9(8)14)16-3-1-15(2-4-16)7-12(18)19/h5-6H,1-4,7H2,(H,18,19). The third-order valence-electron chi connectivity index (χ3n) is 3.29. The van der Waals surface area contributed by atoms with E-state index in [9.17, 15) is 19.3 Å². The molecule has 1 aliphatic rings. The summed E-state index contributed by atoms with van der Waals surface area (Å²) in [4.78, 5) is 24.5. The van der Waals surface area contributed by atoms with E-state index in [2.05, 4.69) is 0 Å². The van der Waals surface area contributed by atoms with E-state index in [0.717, 1.165) is 12.1 Å². The number of benzene rings is 1. The van der Waals surface area contributed by atoms with E-state index in [0.29, 0.717) is 26.2 Å². The van der Waals surface area contributed by atoms with E-state index >= 15 is 0 Å². The Balaban J connectivity index is 2.18. The summed E-state index contributed by atoms with van der Waals surface area (Å²) in [7, 11) is 0. The van der Waals surface area contributed by atoms with Gasteiger partial charge in [-0.1, -0.05) is 11.6 Å². The van der Waals surface area contributed by atoms with Crippen LogP contribution in [0.25, 0.3) is 0 Å². The number of hydrogen-bond acceptors (Lipinski definition) is 5. The lowest BCUT2D eigenvalue weighted by atomic mass is 10.2. The van der Waals surface area contributed by atoms with Crippen LogP contribution in [-0.4, -0.2) is 53.6 Å². The molecule has 1 aliphatic heterocycles. The van der Waals surface area contributed by atoms with Gasteiger partial charge >= 0.3 is 5.97 Å². The first-order chi connectivity index (χ1) is 9.88. The summed E-state index contributed by atoms with van der Waals surface area (Å²) in [5.41, 5.74) is -0.0926. The van der Waals surface area contributed by atoms with Crippen LogP contribution >= 0.6 is 11.6 Å². The van der Waals surface area contributed by atoms with Crippen molar-refractivity contribution >= 4 is 28.9 Å². The molecule has 7 nitrogen and oxygen atoms in total. The molecule has 1 aromatic carbocycles. The van der Waals surface area contributed by atoms with Gasteiger partial charge in [-0.3, -0.25) is 19.8 Å². The van der Waals surface area contributed by atoms with Crippen molar-refractivity contribution < 1.29 is 19.2 Å². The Morgan fingerprint density at radius 2 is 2.00 bits per heavy atom. The molecule has 9 heteroatoms. The zero-order valence-corrected chi connectivity index (χ0v) is 11.7. The van der Waals surface area contributed by atoms with Crippen LogP contribution in [0.15, 0.2) is 12.1 Å². The number of nitrogens with zero attached hydrogens (tertiary/aromatic N) is 3. The van der Waals surface area contributed by atoms with Crippen LogP contribution in [-0.2, 0) is 4.79 Å². The van der Waals surface area contributed by atoms with Crippen molar-refractivity contribution in [2.24, 2.45) is 0 Å². The lowest BCUT2D eigenvalue weighted by Gasteiger charge is -2.34. The molecule has 0 aromatic heterocycles. The quantitative estimate of drug-likeness (QED) is 0.670. The zero-order chi connectivity index (χ0) is 15.6. The molecule has 0 saturated carbocycles. The van der Waals surface area contributed by atoms with E-state index in [1.54, 1.807) is 9.80 Å². The molecule has 0 atom stereocenters. The first-order valence-corrected chi connectivity index (χ1v) is 6.59. The normalized spacial score (nSPS) is 16.0. The summed E-state index contributed by atoms with van der Waals surface area (Å²) < 4.78 is 13.6. The number of carboxylic acid groups (broad SMARTS) is 1. The second-order valence-corrected chi connectivity index (χ2v) is 5.08. The Hall–Kier alpha value is -1.93. The molecular formula is C12H13ClFN3O4. The summed E-state index contributed by atoms with van der Waals surface area (Å²) in [5, 5.41) is 19.5. The van der Waals surface area contributed by atoms with Crippen molar-refractivity contribution in [3.8, 4) is 0 Å². The predicted molar refractivity (Wildman–Crippen MR) is 74.4 cm³/mol. The van der Waals surface area contributed by atoms with Crippen molar-refractivity contribution in [3.63, 3.8) is 0 Å². The Morgan fingerprint density at radius 1 is 1.38 bits per heavy atom. The number of hydrogen-bond donors (Lipinski definition) is 1. The average Bonchev–Trinajstić information content (AvgIpc) is 2.41. The van der Waals surface area contributed by atoms with Gasteiger partial charge in [0.15, 0.2) is 0 Å². The SMILES string of the molecule is O=C(O)CN1CCN(c2cc(F)c(Cl)cc2[N+](=O)[O-])CC1. The highest BCUT2D eigenvalue weighted by Crippen LogP contribution is 2.33. The van der Waals surface area contributed by atoms with E-state index in [4.69, 9.17) is 16.7 Å². The monoisotopic (exact) mass is 317 g/mol. The molecule has 0 amide bonds. The molecule has 1 heterocycles. The van der Waals surface area contributed by atoms with Crippen LogP contribution in [0.2, 0.25) is 5.02 Å². The molecule has 1 saturated heterocycles. The molecule has 0 bridgehead atoms. The molecule has 0 spiro atoms. The zero-order valence-electron chi connectivity index (χ0n) is 11.0. The minimum Gasteiger partial charge on any atom is -0.480 e. The number of piperazine rings is 1. The second kappa shape index (κ2) is 6.23. The highest BCUT2D eigenvalue weighted by molar-refractivity contribution is 6.31. The third kappa shape index (κ3) is 3.59. The largest absolute Gasteiger partial charge is 0.480 e. The van der Waals surface area contributed by atoms with E-state index in [1.165, 1.54) is 0 Å². The first kappa shape index (κ1) is 15.5. The average molecular weight is 318 g/mol. The second-order valence-electron chi connectivity index (χ2n) is 4.67. The van der Waals surface area contributed by atoms with E-state index in [-0.39, 0.29) is 22.9 Å². The molecule has 2 rings (SSSR count). The number of nitro groups is 1. The lowest BCUT2D eigenvalue weighted by Crippen LogP contribution is -2.48. The van der Waals surface area contributed by atoms with Gasteiger partial charge in [-0.05, 0) is 0 Å². The molecule has 1 aromatic rings. The molecule has 0 aliphatic carbocycles. The predicted octanol–water partition coefficient (Wildman–Crippen LogP) is 1.59. The molecule has 21 heavy (non-hydrogen) atoms. The summed E-state index contributed by atoms with van der Waals surface area (Å²) in [5.74, 6) is -1.64. The number of nitro benzene ring substituents is 1. The van der Waals surface area contributed by atoms with Gasteiger partial charge in [-0.2, -0.15) is 0 Å². The van der Waals surface area contributed by atoms with Gasteiger partial charge in [0.05, 0.1) is 16.5 Å². The van der Waals surface area contributed by atoms with Gasteiger partial charge < -0.3 is 10.0 Å². The highest BCUT2D eigenvalue weighted by atomic mass is 35.5. The molecule has 0 radical (unpaired) electrons. The number of carboxylic acids is 1. The maximum Gasteiger partial charge on any atom is 0.317 e. The molecular weight excluding hydrogens is 305 g/mol. The van der Waals surface area contributed by atoms with E-state index in [1.807, 2.05) is 0 Å². The van der Waals surface area contributed by atoms with Gasteiger partial charge in [0, 0.05) is 38.3 Å². The minimum absolute atomic E-state index is 0.0785. The fourth-order valence-electron chi connectivity index (χ4n) is 2.26. The van der Waals surface area contributed by atoms with Crippen LogP contribution in [0.5, 0.6) is 0 Å². The van der Waals surface area contributed by atoms with Crippen LogP contribution in [0.4, 0.5) is 15.8 Å². The number of anilines is 1. The Kier molecular flexibility index (Phi) is 4.59. The molecule has 114 valence electrons. The molecule has 1 fully saturated rings. The van der Waals surface area contributed by atoms with Crippen LogP contribution in [0.3, 0.4) is 0 Å². The summed E-state index contributed by atoms with van der Waals surface area (Å²) in [6.07, 6.45) is 0. The van der Waals surface area contributed by atoms with E-state index < -0.39 is 16.7 Å². The highest BCUT2D eigenvalue weighted by Gasteiger charge is 2.26. The van der Waals surface area contributed by atoms with Crippen molar-refractivity contribution in [3.05, 3.63) is 33.1 Å².